The quantitative estimate of drug-likeness (QED) is 0.218. The predicted octanol–water partition coefficient (Wildman–Crippen LogP) is 5.05. The molecule has 2 atom stereocenters. The standard InChI is InChI=1S/C27H28ClFN6O5/c1-15(2)31-26-30-13-19-10-11-34(14-23(19)32-26)27(37)33-24(18-6-9-22(29)21(28)12-18)16(3)40-25(36)17-4-7-20(8-5-17)35(38)39/h4-9,12-13,15-16,24H,10-11,14H2,1-3H3,(H,33,37)(H,30,31,32)/t16-,24-/m1/s1. The fraction of sp³-hybridized carbons (Fsp3) is 0.333. The van der Waals surface area contributed by atoms with Crippen molar-refractivity contribution in [2.75, 3.05) is 11.9 Å². The number of carbonyl (C=O) groups is 2. The van der Waals surface area contributed by atoms with Gasteiger partial charge in [0.2, 0.25) is 5.95 Å². The number of nitro benzene ring substituents is 1. The minimum absolute atomic E-state index is 0.0952. The van der Waals surface area contributed by atoms with Gasteiger partial charge in [-0.2, -0.15) is 0 Å². The summed E-state index contributed by atoms with van der Waals surface area (Å²) in [5.74, 6) is -0.908. The number of esters is 1. The first-order chi connectivity index (χ1) is 19.0. The van der Waals surface area contributed by atoms with Crippen molar-refractivity contribution in [1.29, 1.82) is 0 Å². The second-order valence-electron chi connectivity index (χ2n) is 9.65. The van der Waals surface area contributed by atoms with Crippen LogP contribution in [0.15, 0.2) is 48.7 Å². The predicted molar refractivity (Wildman–Crippen MR) is 146 cm³/mol. The maximum absolute atomic E-state index is 13.9. The van der Waals surface area contributed by atoms with Crippen molar-refractivity contribution in [2.45, 2.75) is 51.9 Å². The normalized spacial score (nSPS) is 14.2. The minimum atomic E-state index is -0.922. The van der Waals surface area contributed by atoms with Gasteiger partial charge in [-0.3, -0.25) is 10.1 Å². The summed E-state index contributed by atoms with van der Waals surface area (Å²) in [6.45, 7) is 6.17. The number of halogens is 2. The molecule has 210 valence electrons. The fourth-order valence-electron chi connectivity index (χ4n) is 4.23. The number of rotatable bonds is 8. The largest absolute Gasteiger partial charge is 0.457 e. The zero-order valence-electron chi connectivity index (χ0n) is 22.1. The Bertz CT molecular complexity index is 1420. The van der Waals surface area contributed by atoms with E-state index < -0.39 is 34.9 Å². The molecule has 2 heterocycles. The Kier molecular flexibility index (Phi) is 8.78. The maximum atomic E-state index is 13.9. The van der Waals surface area contributed by atoms with Crippen molar-refractivity contribution in [1.82, 2.24) is 20.2 Å². The van der Waals surface area contributed by atoms with Crippen LogP contribution in [0.1, 0.15) is 54.0 Å². The van der Waals surface area contributed by atoms with E-state index in [1.54, 1.807) is 18.0 Å². The summed E-state index contributed by atoms with van der Waals surface area (Å²) in [6.07, 6.45) is 1.39. The molecule has 40 heavy (non-hydrogen) atoms. The smallest absolute Gasteiger partial charge is 0.338 e. The molecule has 13 heteroatoms. The topological polar surface area (TPSA) is 140 Å². The average Bonchev–Trinajstić information content (AvgIpc) is 2.92. The van der Waals surface area contributed by atoms with E-state index >= 15 is 0 Å². The second kappa shape index (κ2) is 12.2. The van der Waals surface area contributed by atoms with Crippen LogP contribution < -0.4 is 10.6 Å². The lowest BCUT2D eigenvalue weighted by Gasteiger charge is -2.32. The number of urea groups is 1. The molecule has 0 saturated heterocycles. The van der Waals surface area contributed by atoms with Crippen LogP contribution in [0.25, 0.3) is 0 Å². The summed E-state index contributed by atoms with van der Waals surface area (Å²) < 4.78 is 19.5. The van der Waals surface area contributed by atoms with Crippen molar-refractivity contribution in [2.24, 2.45) is 0 Å². The lowest BCUT2D eigenvalue weighted by atomic mass is 10.0. The van der Waals surface area contributed by atoms with Gasteiger partial charge in [0.05, 0.1) is 33.8 Å². The number of carbonyl (C=O) groups excluding carboxylic acids is 2. The molecule has 1 aliphatic rings. The van der Waals surface area contributed by atoms with Crippen molar-refractivity contribution in [3.63, 3.8) is 0 Å². The molecule has 3 aromatic rings. The molecule has 2 aromatic carbocycles. The van der Waals surface area contributed by atoms with E-state index in [9.17, 15) is 24.1 Å². The molecule has 0 bridgehead atoms. The molecule has 11 nitrogen and oxygen atoms in total. The first-order valence-electron chi connectivity index (χ1n) is 12.6. The molecule has 0 radical (unpaired) electrons. The number of aromatic nitrogens is 2. The Morgan fingerprint density at radius 3 is 2.55 bits per heavy atom. The highest BCUT2D eigenvalue weighted by Crippen LogP contribution is 2.27. The molecular weight excluding hydrogens is 543 g/mol. The molecule has 0 saturated carbocycles. The molecule has 0 unspecified atom stereocenters. The number of amides is 2. The number of benzene rings is 2. The lowest BCUT2D eigenvalue weighted by molar-refractivity contribution is -0.384. The van der Waals surface area contributed by atoms with Crippen LogP contribution in [-0.2, 0) is 17.7 Å². The summed E-state index contributed by atoms with van der Waals surface area (Å²) in [5, 5.41) is 16.8. The Morgan fingerprint density at radius 1 is 1.18 bits per heavy atom. The third-order valence-corrected chi connectivity index (χ3v) is 6.60. The highest BCUT2D eigenvalue weighted by molar-refractivity contribution is 6.30. The van der Waals surface area contributed by atoms with E-state index in [2.05, 4.69) is 20.6 Å². The van der Waals surface area contributed by atoms with Crippen LogP contribution in [-0.4, -0.2) is 50.5 Å². The van der Waals surface area contributed by atoms with Gasteiger partial charge in [0.25, 0.3) is 5.69 Å². The van der Waals surface area contributed by atoms with E-state index in [0.717, 1.165) is 11.3 Å². The Labute approximate surface area is 234 Å². The van der Waals surface area contributed by atoms with Gasteiger partial charge in [0.15, 0.2) is 0 Å². The van der Waals surface area contributed by atoms with Crippen LogP contribution >= 0.6 is 11.6 Å². The van der Waals surface area contributed by atoms with Gasteiger partial charge in [0.1, 0.15) is 11.9 Å². The third-order valence-electron chi connectivity index (χ3n) is 6.31. The number of hydrogen-bond donors (Lipinski definition) is 2. The van der Waals surface area contributed by atoms with Gasteiger partial charge in [-0.1, -0.05) is 17.7 Å². The van der Waals surface area contributed by atoms with Gasteiger partial charge in [0, 0.05) is 30.9 Å². The summed E-state index contributed by atoms with van der Waals surface area (Å²) in [6, 6.07) is 7.74. The number of ether oxygens (including phenoxy) is 1. The summed E-state index contributed by atoms with van der Waals surface area (Å²) >= 11 is 6.02. The average molecular weight is 571 g/mol. The number of nitrogens with one attached hydrogen (secondary N) is 2. The molecule has 0 spiro atoms. The van der Waals surface area contributed by atoms with Crippen LogP contribution in [0, 0.1) is 15.9 Å². The molecule has 2 N–H and O–H groups in total. The van der Waals surface area contributed by atoms with Crippen molar-refractivity contribution >= 4 is 35.2 Å². The first kappa shape index (κ1) is 28.7. The number of anilines is 1. The van der Waals surface area contributed by atoms with Gasteiger partial charge < -0.3 is 20.3 Å². The molecular formula is C27H28ClFN6O5. The van der Waals surface area contributed by atoms with Gasteiger partial charge in [-0.15, -0.1) is 0 Å². The van der Waals surface area contributed by atoms with Crippen LogP contribution in [0.4, 0.5) is 20.8 Å². The number of non-ortho nitro benzene ring substituents is 1. The molecule has 2 amide bonds. The first-order valence-corrected chi connectivity index (χ1v) is 13.0. The SMILES string of the molecule is CC(C)Nc1ncc2c(n1)CN(C(=O)N[C@@H](c1ccc(F)c(Cl)c1)[C@@H](C)OC(=O)c1ccc([N+](=O)[O-])cc1)CC2. The molecule has 0 fully saturated rings. The Hall–Kier alpha value is -4.32. The summed E-state index contributed by atoms with van der Waals surface area (Å²) in [7, 11) is 0. The maximum Gasteiger partial charge on any atom is 0.338 e. The lowest BCUT2D eigenvalue weighted by Crippen LogP contribution is -2.47. The van der Waals surface area contributed by atoms with Crippen LogP contribution in [0.5, 0.6) is 0 Å². The number of hydrogen-bond acceptors (Lipinski definition) is 8. The van der Waals surface area contributed by atoms with Crippen molar-refractivity contribution in [3.05, 3.63) is 92.0 Å². The van der Waals surface area contributed by atoms with Crippen molar-refractivity contribution in [3.8, 4) is 0 Å². The fourth-order valence-corrected chi connectivity index (χ4v) is 4.42. The number of fused-ring (bicyclic) bond motifs is 1. The highest BCUT2D eigenvalue weighted by Gasteiger charge is 2.30. The number of nitro groups is 1. The van der Waals surface area contributed by atoms with Gasteiger partial charge >= 0.3 is 12.0 Å². The van der Waals surface area contributed by atoms with E-state index in [4.69, 9.17) is 16.3 Å². The second-order valence-corrected chi connectivity index (χ2v) is 10.1. The summed E-state index contributed by atoms with van der Waals surface area (Å²) in [4.78, 5) is 47.0. The summed E-state index contributed by atoms with van der Waals surface area (Å²) in [5.41, 5.74) is 2.02. The minimum Gasteiger partial charge on any atom is -0.457 e. The van der Waals surface area contributed by atoms with Gasteiger partial charge in [-0.05, 0) is 62.6 Å². The molecule has 1 aromatic heterocycles. The van der Waals surface area contributed by atoms with Gasteiger partial charge in [-0.25, -0.2) is 23.9 Å². The zero-order chi connectivity index (χ0) is 29.0. The zero-order valence-corrected chi connectivity index (χ0v) is 22.8. The Morgan fingerprint density at radius 2 is 1.90 bits per heavy atom. The third kappa shape index (κ3) is 6.81. The van der Waals surface area contributed by atoms with E-state index in [0.29, 0.717) is 24.5 Å². The van der Waals surface area contributed by atoms with Crippen molar-refractivity contribution < 1.29 is 23.6 Å². The van der Waals surface area contributed by atoms with E-state index in [1.165, 1.54) is 42.5 Å². The van der Waals surface area contributed by atoms with E-state index in [-0.39, 0.29) is 28.9 Å². The molecule has 4 rings (SSSR count). The molecule has 1 aliphatic heterocycles. The Balaban J connectivity index is 1.53. The monoisotopic (exact) mass is 570 g/mol. The van der Waals surface area contributed by atoms with Crippen LogP contribution in [0.2, 0.25) is 5.02 Å². The molecule has 0 aliphatic carbocycles. The van der Waals surface area contributed by atoms with Crippen LogP contribution in [0.3, 0.4) is 0 Å². The van der Waals surface area contributed by atoms with E-state index in [1.807, 2.05) is 13.8 Å². The number of nitrogens with zero attached hydrogens (tertiary/aromatic N) is 4. The highest BCUT2D eigenvalue weighted by atomic mass is 35.5.